The maximum Gasteiger partial charge on any atom is 0.0791 e. The first-order valence-electron chi connectivity index (χ1n) is 3.07. The van der Waals surface area contributed by atoms with Crippen molar-refractivity contribution in [2.75, 3.05) is 0 Å². The van der Waals surface area contributed by atoms with Crippen LogP contribution >= 0.6 is 23.2 Å². The Morgan fingerprint density at radius 3 is 2.36 bits per heavy atom. The molecule has 1 aromatic rings. The molecule has 0 bridgehead atoms. The second kappa shape index (κ2) is 3.44. The minimum Gasteiger partial charge on any atom is -0.388 e. The molecule has 0 heterocycles. The largest absolute Gasteiger partial charge is 0.388 e. The maximum absolute atomic E-state index is 9.03. The Bertz CT molecular complexity index is 258. The van der Waals surface area contributed by atoms with E-state index >= 15 is 0 Å². The first-order chi connectivity index (χ1) is 5.11. The molecule has 3 heteroatoms. The summed E-state index contributed by atoms with van der Waals surface area (Å²) < 4.78 is 0. The van der Waals surface area contributed by atoms with Crippen LogP contribution in [0.2, 0.25) is 10.0 Å². The molecule has 0 saturated heterocycles. The lowest BCUT2D eigenvalue weighted by molar-refractivity contribution is 0.226. The zero-order valence-corrected chi connectivity index (χ0v) is 7.23. The van der Waals surface area contributed by atoms with Crippen molar-refractivity contribution >= 4 is 23.2 Å². The number of halogens is 2. The van der Waals surface area contributed by atoms with Gasteiger partial charge in [-0.2, -0.15) is 0 Å². The van der Waals surface area contributed by atoms with Gasteiger partial charge in [-0.15, -0.1) is 0 Å². The Morgan fingerprint density at radius 2 is 1.91 bits per heavy atom. The average Bonchev–Trinajstić information content (AvgIpc) is 1.94. The van der Waals surface area contributed by atoms with Gasteiger partial charge in [-0.1, -0.05) is 29.3 Å². The Kier molecular flexibility index (Phi) is 2.77. The van der Waals surface area contributed by atoms with Gasteiger partial charge in [0, 0.05) is 0 Å². The van der Waals surface area contributed by atoms with E-state index in [1.54, 1.807) is 18.2 Å². The van der Waals surface area contributed by atoms with E-state index in [1.165, 1.54) is 0 Å². The molecular weight excluding hydrogens is 183 g/mol. The van der Waals surface area contributed by atoms with E-state index in [0.717, 1.165) is 0 Å². The molecule has 1 rings (SSSR count). The number of benzene rings is 1. The minimum absolute atomic E-state index is 0.437. The summed E-state index contributed by atoms with van der Waals surface area (Å²) in [4.78, 5) is 0. The Labute approximate surface area is 75.6 Å². The van der Waals surface area contributed by atoms with Crippen molar-refractivity contribution in [1.29, 1.82) is 0 Å². The van der Waals surface area contributed by atoms with Crippen molar-refractivity contribution in [2.24, 2.45) is 0 Å². The SMILES string of the molecule is [CH2]C(O)c1ccc(Cl)c(Cl)c1. The fourth-order valence-corrected chi connectivity index (χ4v) is 1.03. The van der Waals surface area contributed by atoms with Gasteiger partial charge < -0.3 is 5.11 Å². The Morgan fingerprint density at radius 1 is 1.27 bits per heavy atom. The van der Waals surface area contributed by atoms with Crippen LogP contribution in [0.1, 0.15) is 11.7 Å². The summed E-state index contributed by atoms with van der Waals surface area (Å²) in [7, 11) is 0. The van der Waals surface area contributed by atoms with E-state index in [4.69, 9.17) is 28.3 Å². The Balaban J connectivity index is 3.05. The number of aliphatic hydroxyl groups is 1. The third-order valence-corrected chi connectivity index (χ3v) is 2.07. The molecule has 0 spiro atoms. The van der Waals surface area contributed by atoms with Gasteiger partial charge in [0.15, 0.2) is 0 Å². The molecule has 1 aromatic carbocycles. The number of hydrogen-bond acceptors (Lipinski definition) is 1. The third kappa shape index (κ3) is 2.09. The van der Waals surface area contributed by atoms with Crippen molar-refractivity contribution in [1.82, 2.24) is 0 Å². The van der Waals surface area contributed by atoms with Crippen molar-refractivity contribution in [2.45, 2.75) is 6.10 Å². The van der Waals surface area contributed by atoms with Crippen LogP contribution in [0.3, 0.4) is 0 Å². The third-order valence-electron chi connectivity index (χ3n) is 1.33. The van der Waals surface area contributed by atoms with Crippen LogP contribution in [-0.2, 0) is 0 Å². The molecule has 59 valence electrons. The maximum atomic E-state index is 9.03. The number of rotatable bonds is 1. The fourth-order valence-electron chi connectivity index (χ4n) is 0.720. The number of aliphatic hydroxyl groups excluding tert-OH is 1. The molecular formula is C8H7Cl2O. The van der Waals surface area contributed by atoms with Crippen LogP contribution in [-0.4, -0.2) is 5.11 Å². The monoisotopic (exact) mass is 189 g/mol. The van der Waals surface area contributed by atoms with Crippen LogP contribution in [0.25, 0.3) is 0 Å². The van der Waals surface area contributed by atoms with E-state index in [-0.39, 0.29) is 0 Å². The fraction of sp³-hybridized carbons (Fsp3) is 0.125. The van der Waals surface area contributed by atoms with Crippen molar-refractivity contribution in [3.05, 3.63) is 40.7 Å². The quantitative estimate of drug-likeness (QED) is 0.721. The molecule has 1 radical (unpaired) electrons. The van der Waals surface area contributed by atoms with Gasteiger partial charge in [-0.3, -0.25) is 0 Å². The normalized spacial score (nSPS) is 13.1. The highest BCUT2D eigenvalue weighted by molar-refractivity contribution is 6.42. The summed E-state index contributed by atoms with van der Waals surface area (Å²) in [5, 5.41) is 9.95. The molecule has 0 aromatic heterocycles. The topological polar surface area (TPSA) is 20.2 Å². The average molecular weight is 190 g/mol. The molecule has 0 saturated carbocycles. The lowest BCUT2D eigenvalue weighted by Crippen LogP contribution is -1.90. The van der Waals surface area contributed by atoms with Crippen LogP contribution in [0.15, 0.2) is 18.2 Å². The van der Waals surface area contributed by atoms with E-state index < -0.39 is 6.10 Å². The highest BCUT2D eigenvalue weighted by Gasteiger charge is 2.03. The van der Waals surface area contributed by atoms with Crippen LogP contribution in [0.4, 0.5) is 0 Å². The lowest BCUT2D eigenvalue weighted by Gasteiger charge is -2.04. The smallest absolute Gasteiger partial charge is 0.0791 e. The first-order valence-corrected chi connectivity index (χ1v) is 3.83. The van der Waals surface area contributed by atoms with E-state index in [9.17, 15) is 0 Å². The summed E-state index contributed by atoms with van der Waals surface area (Å²) in [5.74, 6) is 0. The predicted octanol–water partition coefficient (Wildman–Crippen LogP) is 2.86. The minimum atomic E-state index is -0.746. The van der Waals surface area contributed by atoms with E-state index in [0.29, 0.717) is 15.6 Å². The van der Waals surface area contributed by atoms with Crippen LogP contribution in [0.5, 0.6) is 0 Å². The van der Waals surface area contributed by atoms with E-state index in [1.807, 2.05) is 0 Å². The summed E-state index contributed by atoms with van der Waals surface area (Å²) in [6.45, 7) is 3.43. The van der Waals surface area contributed by atoms with Crippen molar-refractivity contribution < 1.29 is 5.11 Å². The van der Waals surface area contributed by atoms with Crippen LogP contribution < -0.4 is 0 Å². The van der Waals surface area contributed by atoms with Crippen molar-refractivity contribution in [3.8, 4) is 0 Å². The zero-order chi connectivity index (χ0) is 8.43. The van der Waals surface area contributed by atoms with Gasteiger partial charge in [0.2, 0.25) is 0 Å². The highest BCUT2D eigenvalue weighted by Crippen LogP contribution is 2.24. The molecule has 0 aliphatic rings. The van der Waals surface area contributed by atoms with Crippen molar-refractivity contribution in [3.63, 3.8) is 0 Å². The molecule has 1 unspecified atom stereocenters. The molecule has 0 aliphatic carbocycles. The van der Waals surface area contributed by atoms with Gasteiger partial charge in [0.25, 0.3) is 0 Å². The van der Waals surface area contributed by atoms with Gasteiger partial charge in [-0.25, -0.2) is 0 Å². The van der Waals surface area contributed by atoms with E-state index in [2.05, 4.69) is 6.92 Å². The highest BCUT2D eigenvalue weighted by atomic mass is 35.5. The summed E-state index contributed by atoms with van der Waals surface area (Å²) >= 11 is 11.3. The number of hydrogen-bond donors (Lipinski definition) is 1. The lowest BCUT2D eigenvalue weighted by atomic mass is 10.1. The molecule has 1 nitrogen and oxygen atoms in total. The van der Waals surface area contributed by atoms with Crippen LogP contribution in [0, 0.1) is 6.92 Å². The van der Waals surface area contributed by atoms with Gasteiger partial charge in [0.1, 0.15) is 0 Å². The predicted molar refractivity (Wildman–Crippen MR) is 46.8 cm³/mol. The second-order valence-corrected chi connectivity index (χ2v) is 3.00. The standard InChI is InChI=1S/C8H7Cl2O/c1-5(11)6-2-3-7(9)8(10)4-6/h2-5,11H,1H2. The van der Waals surface area contributed by atoms with Gasteiger partial charge in [-0.05, 0) is 24.6 Å². The van der Waals surface area contributed by atoms with Gasteiger partial charge >= 0.3 is 0 Å². The first kappa shape index (κ1) is 8.85. The molecule has 1 N–H and O–H groups in total. The summed E-state index contributed by atoms with van der Waals surface area (Å²) in [5.41, 5.74) is 0.666. The summed E-state index contributed by atoms with van der Waals surface area (Å²) in [6.07, 6.45) is -0.746. The Hall–Kier alpha value is -0.240. The molecule has 11 heavy (non-hydrogen) atoms. The zero-order valence-electron chi connectivity index (χ0n) is 5.72. The molecule has 0 aliphatic heterocycles. The molecule has 0 fully saturated rings. The molecule has 1 atom stereocenters. The molecule has 0 amide bonds. The second-order valence-electron chi connectivity index (χ2n) is 2.19. The van der Waals surface area contributed by atoms with Gasteiger partial charge in [0.05, 0.1) is 16.1 Å². The summed E-state index contributed by atoms with van der Waals surface area (Å²) in [6, 6.07) is 4.92.